The molecule has 2 aromatic heterocycles. The zero-order valence-corrected chi connectivity index (χ0v) is 14.4. The molecule has 2 heterocycles. The van der Waals surface area contributed by atoms with Crippen LogP contribution in [-0.4, -0.2) is 20.7 Å². The van der Waals surface area contributed by atoms with E-state index in [0.29, 0.717) is 6.54 Å². The topological polar surface area (TPSA) is 59.8 Å². The van der Waals surface area contributed by atoms with Crippen LogP contribution in [0.1, 0.15) is 29.5 Å². The van der Waals surface area contributed by atoms with Crippen LogP contribution in [0, 0.1) is 5.92 Å². The summed E-state index contributed by atoms with van der Waals surface area (Å²) in [6.45, 7) is 0.468. The Morgan fingerprint density at radius 3 is 3.00 bits per heavy atom. The molecule has 0 saturated heterocycles. The smallest absolute Gasteiger partial charge is 0.224 e. The Kier molecular flexibility index (Phi) is 3.42. The number of aromatic nitrogens is 3. The van der Waals surface area contributed by atoms with Crippen LogP contribution in [-0.2, 0) is 23.2 Å². The number of benzene rings is 1. The average molecular weight is 344 g/mol. The fourth-order valence-electron chi connectivity index (χ4n) is 4.41. The second-order valence-electron chi connectivity index (χ2n) is 7.22. The molecule has 2 aliphatic carbocycles. The van der Waals surface area contributed by atoms with E-state index in [1.54, 1.807) is 17.1 Å². The first-order valence-electron chi connectivity index (χ1n) is 9.08. The first-order chi connectivity index (χ1) is 12.8. The number of carbonyl (C=O) groups is 1. The lowest BCUT2D eigenvalue weighted by Gasteiger charge is -2.13. The summed E-state index contributed by atoms with van der Waals surface area (Å²) in [5.41, 5.74) is 3.85. The molecular weight excluding hydrogens is 324 g/mol. The summed E-state index contributed by atoms with van der Waals surface area (Å²) < 4.78 is 1.73. The fraction of sp³-hybridized carbons (Fsp3) is 0.286. The van der Waals surface area contributed by atoms with Crippen LogP contribution < -0.4 is 5.32 Å². The Morgan fingerprint density at radius 1 is 1.19 bits per heavy atom. The van der Waals surface area contributed by atoms with Gasteiger partial charge >= 0.3 is 0 Å². The van der Waals surface area contributed by atoms with E-state index in [0.717, 1.165) is 30.6 Å². The zero-order chi connectivity index (χ0) is 17.6. The van der Waals surface area contributed by atoms with Crippen LogP contribution in [0.3, 0.4) is 0 Å². The van der Waals surface area contributed by atoms with Crippen molar-refractivity contribution < 1.29 is 4.79 Å². The maximum absolute atomic E-state index is 12.8. The number of nitrogens with one attached hydrogen (secondary N) is 1. The molecule has 2 unspecified atom stereocenters. The number of nitrogens with zero attached hydrogens (tertiary/aromatic N) is 3. The van der Waals surface area contributed by atoms with Gasteiger partial charge in [-0.1, -0.05) is 30.3 Å². The molecule has 1 saturated carbocycles. The minimum atomic E-state index is 0.0838. The largest absolute Gasteiger partial charge is 0.352 e. The summed E-state index contributed by atoms with van der Waals surface area (Å²) in [5, 5.41) is 7.37. The molecule has 5 heteroatoms. The highest BCUT2D eigenvalue weighted by molar-refractivity contribution is 5.85. The lowest BCUT2D eigenvalue weighted by molar-refractivity contribution is -0.122. The highest BCUT2D eigenvalue weighted by atomic mass is 16.2. The third-order valence-electron chi connectivity index (χ3n) is 5.83. The highest BCUT2D eigenvalue weighted by Crippen LogP contribution is 2.61. The van der Waals surface area contributed by atoms with E-state index in [1.165, 1.54) is 11.1 Å². The summed E-state index contributed by atoms with van der Waals surface area (Å²) in [6, 6.07) is 14.3. The van der Waals surface area contributed by atoms with Gasteiger partial charge in [0, 0.05) is 42.0 Å². The van der Waals surface area contributed by atoms with Crippen molar-refractivity contribution in [3.05, 3.63) is 77.7 Å². The van der Waals surface area contributed by atoms with E-state index in [9.17, 15) is 4.79 Å². The molecule has 130 valence electrons. The van der Waals surface area contributed by atoms with Crippen LogP contribution in [0.5, 0.6) is 0 Å². The molecule has 26 heavy (non-hydrogen) atoms. The van der Waals surface area contributed by atoms with Gasteiger partial charge in [0.25, 0.3) is 0 Å². The second kappa shape index (κ2) is 5.80. The maximum atomic E-state index is 12.8. The van der Waals surface area contributed by atoms with Crippen LogP contribution in [0.4, 0.5) is 0 Å². The molecule has 5 rings (SSSR count). The van der Waals surface area contributed by atoms with Crippen LogP contribution in [0.15, 0.2) is 61.1 Å². The van der Waals surface area contributed by atoms with Gasteiger partial charge in [0.2, 0.25) is 5.91 Å². The molecule has 5 nitrogen and oxygen atoms in total. The summed E-state index contributed by atoms with van der Waals surface area (Å²) in [6.07, 6.45) is 8.48. The van der Waals surface area contributed by atoms with Gasteiger partial charge in [0.1, 0.15) is 0 Å². The van der Waals surface area contributed by atoms with Gasteiger partial charge < -0.3 is 5.32 Å². The quantitative estimate of drug-likeness (QED) is 0.792. The number of hydrogen-bond acceptors (Lipinski definition) is 3. The summed E-state index contributed by atoms with van der Waals surface area (Å²) >= 11 is 0. The van der Waals surface area contributed by atoms with Crippen LogP contribution >= 0.6 is 0 Å². The number of rotatable bonds is 4. The first kappa shape index (κ1) is 15.3. The van der Waals surface area contributed by atoms with Gasteiger partial charge in [-0.2, -0.15) is 5.10 Å². The van der Waals surface area contributed by atoms with E-state index in [1.807, 2.05) is 24.4 Å². The van der Waals surface area contributed by atoms with Gasteiger partial charge in [-0.15, -0.1) is 0 Å². The lowest BCUT2D eigenvalue weighted by Crippen LogP contribution is -2.28. The average Bonchev–Trinajstić information content (AvgIpc) is 3.02. The van der Waals surface area contributed by atoms with Crippen molar-refractivity contribution in [2.75, 3.05) is 0 Å². The van der Waals surface area contributed by atoms with Gasteiger partial charge in [0.15, 0.2) is 5.82 Å². The van der Waals surface area contributed by atoms with Gasteiger partial charge in [-0.3, -0.25) is 4.79 Å². The van der Waals surface area contributed by atoms with Crippen molar-refractivity contribution in [2.45, 2.75) is 31.2 Å². The SMILES string of the molecule is O=C(NCc1cccnc1-n1cccn1)C1CC12CCc1ccccc12. The summed E-state index contributed by atoms with van der Waals surface area (Å²) in [5.74, 6) is 1.00. The highest BCUT2D eigenvalue weighted by Gasteiger charge is 2.61. The molecule has 2 aliphatic rings. The third kappa shape index (κ3) is 2.35. The summed E-state index contributed by atoms with van der Waals surface area (Å²) in [4.78, 5) is 17.2. The monoisotopic (exact) mass is 344 g/mol. The van der Waals surface area contributed by atoms with Crippen molar-refractivity contribution in [3.63, 3.8) is 0 Å². The Morgan fingerprint density at radius 2 is 2.12 bits per heavy atom. The van der Waals surface area contributed by atoms with Crippen LogP contribution in [0.2, 0.25) is 0 Å². The number of pyridine rings is 1. The molecule has 3 aromatic rings. The van der Waals surface area contributed by atoms with Crippen molar-refractivity contribution in [1.29, 1.82) is 0 Å². The third-order valence-corrected chi connectivity index (χ3v) is 5.83. The van der Waals surface area contributed by atoms with Gasteiger partial charge in [-0.05, 0) is 42.5 Å². The van der Waals surface area contributed by atoms with Crippen molar-refractivity contribution in [2.24, 2.45) is 5.92 Å². The van der Waals surface area contributed by atoms with E-state index in [2.05, 4.69) is 39.7 Å². The normalized spacial score (nSPS) is 23.0. The Labute approximate surface area is 152 Å². The van der Waals surface area contributed by atoms with Crippen molar-refractivity contribution in [3.8, 4) is 5.82 Å². The maximum Gasteiger partial charge on any atom is 0.224 e. The van der Waals surface area contributed by atoms with Gasteiger partial charge in [-0.25, -0.2) is 9.67 Å². The molecule has 1 aromatic carbocycles. The summed E-state index contributed by atoms with van der Waals surface area (Å²) in [7, 11) is 0. The number of carbonyl (C=O) groups excluding carboxylic acids is 1. The lowest BCUT2D eigenvalue weighted by atomic mass is 9.95. The first-order valence-corrected chi connectivity index (χ1v) is 9.08. The Bertz CT molecular complexity index is 966. The molecule has 0 bridgehead atoms. The van der Waals surface area contributed by atoms with E-state index in [4.69, 9.17) is 0 Å². The minimum Gasteiger partial charge on any atom is -0.352 e. The molecule has 0 aliphatic heterocycles. The number of aryl methyl sites for hydroxylation is 1. The fourth-order valence-corrected chi connectivity index (χ4v) is 4.41. The second-order valence-corrected chi connectivity index (χ2v) is 7.22. The minimum absolute atomic E-state index is 0.0838. The zero-order valence-electron chi connectivity index (χ0n) is 14.4. The predicted octanol–water partition coefficient (Wildman–Crippen LogP) is 2.79. The molecule has 2 atom stereocenters. The number of fused-ring (bicyclic) bond motifs is 2. The van der Waals surface area contributed by atoms with Crippen molar-refractivity contribution in [1.82, 2.24) is 20.1 Å². The van der Waals surface area contributed by atoms with Crippen molar-refractivity contribution >= 4 is 5.91 Å². The van der Waals surface area contributed by atoms with E-state index < -0.39 is 0 Å². The standard InChI is InChI=1S/C21H20N4O/c26-20(18-13-21(18)9-8-15-5-1-2-7-17(15)21)23-14-16-6-3-10-22-19(16)25-12-4-11-24-25/h1-7,10-12,18H,8-9,13-14H2,(H,23,26). The van der Waals surface area contributed by atoms with E-state index >= 15 is 0 Å². The predicted molar refractivity (Wildman–Crippen MR) is 97.8 cm³/mol. The molecule has 1 amide bonds. The molecule has 0 radical (unpaired) electrons. The van der Waals surface area contributed by atoms with E-state index in [-0.39, 0.29) is 17.2 Å². The molecule has 1 N–H and O–H groups in total. The number of amides is 1. The van der Waals surface area contributed by atoms with Crippen LogP contribution in [0.25, 0.3) is 5.82 Å². The molecule has 1 spiro atoms. The van der Waals surface area contributed by atoms with Gasteiger partial charge in [0.05, 0.1) is 0 Å². The molecule has 1 fully saturated rings. The Hall–Kier alpha value is -2.95. The Balaban J connectivity index is 1.31. The molecular formula is C21H20N4O. The number of hydrogen-bond donors (Lipinski definition) is 1.